The molecule has 0 spiro atoms. The fourth-order valence-electron chi connectivity index (χ4n) is 2.47. The molecule has 1 heterocycles. The molecular formula is C12H26N2O. The number of aliphatic hydroxyl groups is 1. The largest absolute Gasteiger partial charge is 0.389 e. The zero-order valence-corrected chi connectivity index (χ0v) is 10.4. The number of nitrogens with two attached hydrogens (primary N) is 1. The van der Waals surface area contributed by atoms with Crippen LogP contribution in [0.3, 0.4) is 0 Å². The van der Waals surface area contributed by atoms with E-state index in [1.807, 2.05) is 6.92 Å². The molecule has 1 rings (SSSR count). The highest BCUT2D eigenvalue weighted by Crippen LogP contribution is 2.29. The first kappa shape index (κ1) is 12.9. The highest BCUT2D eigenvalue weighted by molar-refractivity contribution is 4.90. The van der Waals surface area contributed by atoms with E-state index in [9.17, 15) is 5.11 Å². The maximum absolute atomic E-state index is 9.91. The summed E-state index contributed by atoms with van der Waals surface area (Å²) in [7, 11) is 0. The highest BCUT2D eigenvalue weighted by atomic mass is 16.3. The fourth-order valence-corrected chi connectivity index (χ4v) is 2.47. The number of hydrogen-bond acceptors (Lipinski definition) is 3. The van der Waals surface area contributed by atoms with Crippen molar-refractivity contribution in [1.82, 2.24) is 4.90 Å². The first-order valence-electron chi connectivity index (χ1n) is 6.12. The van der Waals surface area contributed by atoms with Crippen molar-refractivity contribution in [2.45, 2.75) is 45.6 Å². The Morgan fingerprint density at radius 1 is 1.40 bits per heavy atom. The normalized spacial score (nSPS) is 28.6. The second-order valence-corrected chi connectivity index (χ2v) is 5.37. The van der Waals surface area contributed by atoms with Gasteiger partial charge >= 0.3 is 0 Å². The molecule has 90 valence electrons. The molecule has 0 aliphatic carbocycles. The molecule has 1 fully saturated rings. The Labute approximate surface area is 93.6 Å². The summed E-state index contributed by atoms with van der Waals surface area (Å²) in [4.78, 5) is 2.36. The lowest BCUT2D eigenvalue weighted by Crippen LogP contribution is -2.42. The lowest BCUT2D eigenvalue weighted by atomic mass is 9.82. The van der Waals surface area contributed by atoms with Crippen LogP contribution in [-0.2, 0) is 0 Å². The Hall–Kier alpha value is -0.120. The van der Waals surface area contributed by atoms with Gasteiger partial charge in [0.25, 0.3) is 0 Å². The summed E-state index contributed by atoms with van der Waals surface area (Å²) in [6, 6.07) is 0. The average Bonchev–Trinajstić information content (AvgIpc) is 2.55. The first-order valence-corrected chi connectivity index (χ1v) is 6.12. The third kappa shape index (κ3) is 3.16. The SMILES string of the molecule is CCC(CC)(CN)CN1CCC(C)(O)C1. The highest BCUT2D eigenvalue weighted by Gasteiger charge is 2.35. The maximum Gasteiger partial charge on any atom is 0.0758 e. The van der Waals surface area contributed by atoms with Gasteiger partial charge in [-0.05, 0) is 38.1 Å². The van der Waals surface area contributed by atoms with E-state index in [1.165, 1.54) is 0 Å². The summed E-state index contributed by atoms with van der Waals surface area (Å²) in [5.74, 6) is 0. The van der Waals surface area contributed by atoms with Gasteiger partial charge in [0.05, 0.1) is 5.60 Å². The van der Waals surface area contributed by atoms with E-state index in [2.05, 4.69) is 18.7 Å². The Kier molecular flexibility index (Phi) is 4.15. The van der Waals surface area contributed by atoms with E-state index in [-0.39, 0.29) is 5.41 Å². The standard InChI is InChI=1S/C12H26N2O/c1-4-12(5-2,8-13)10-14-7-6-11(3,15)9-14/h15H,4-10,13H2,1-3H3. The third-order valence-electron chi connectivity index (χ3n) is 4.02. The van der Waals surface area contributed by atoms with Crippen molar-refractivity contribution in [3.63, 3.8) is 0 Å². The van der Waals surface area contributed by atoms with Gasteiger partial charge in [-0.1, -0.05) is 13.8 Å². The van der Waals surface area contributed by atoms with E-state index in [0.717, 1.165) is 45.4 Å². The molecule has 0 aromatic carbocycles. The number of nitrogens with zero attached hydrogens (tertiary/aromatic N) is 1. The Morgan fingerprint density at radius 2 is 2.00 bits per heavy atom. The second-order valence-electron chi connectivity index (χ2n) is 5.37. The molecule has 1 saturated heterocycles. The third-order valence-corrected chi connectivity index (χ3v) is 4.02. The molecule has 3 nitrogen and oxygen atoms in total. The molecule has 1 atom stereocenters. The van der Waals surface area contributed by atoms with E-state index in [1.54, 1.807) is 0 Å². The van der Waals surface area contributed by atoms with Crippen molar-refractivity contribution < 1.29 is 5.11 Å². The topological polar surface area (TPSA) is 49.5 Å². The van der Waals surface area contributed by atoms with Gasteiger partial charge in [-0.3, -0.25) is 4.90 Å². The summed E-state index contributed by atoms with van der Waals surface area (Å²) in [6.45, 7) is 9.94. The van der Waals surface area contributed by atoms with Crippen molar-refractivity contribution in [3.05, 3.63) is 0 Å². The zero-order valence-electron chi connectivity index (χ0n) is 10.4. The summed E-state index contributed by atoms with van der Waals surface area (Å²) in [5, 5.41) is 9.91. The van der Waals surface area contributed by atoms with Crippen LogP contribution in [0.4, 0.5) is 0 Å². The number of rotatable bonds is 5. The molecule has 0 aromatic rings. The Balaban J connectivity index is 2.53. The predicted molar refractivity (Wildman–Crippen MR) is 63.8 cm³/mol. The molecule has 1 aliphatic heterocycles. The van der Waals surface area contributed by atoms with E-state index in [4.69, 9.17) is 5.73 Å². The predicted octanol–water partition coefficient (Wildman–Crippen LogP) is 1.21. The van der Waals surface area contributed by atoms with Crippen molar-refractivity contribution in [2.24, 2.45) is 11.1 Å². The number of hydrogen-bond donors (Lipinski definition) is 2. The quantitative estimate of drug-likeness (QED) is 0.723. The van der Waals surface area contributed by atoms with Crippen LogP contribution in [0.2, 0.25) is 0 Å². The van der Waals surface area contributed by atoms with Gasteiger partial charge in [0.15, 0.2) is 0 Å². The van der Waals surface area contributed by atoms with Crippen LogP contribution in [-0.4, -0.2) is 41.8 Å². The van der Waals surface area contributed by atoms with Crippen LogP contribution >= 0.6 is 0 Å². The van der Waals surface area contributed by atoms with Crippen molar-refractivity contribution in [1.29, 1.82) is 0 Å². The van der Waals surface area contributed by atoms with Crippen molar-refractivity contribution in [2.75, 3.05) is 26.2 Å². The van der Waals surface area contributed by atoms with Crippen LogP contribution in [0.5, 0.6) is 0 Å². The van der Waals surface area contributed by atoms with Gasteiger partial charge < -0.3 is 10.8 Å². The number of β-amino-alcohol motifs (C(OH)–C–C–N with tert-alkyl or cyclic N) is 1. The van der Waals surface area contributed by atoms with Gasteiger partial charge in [0, 0.05) is 19.6 Å². The molecule has 3 N–H and O–H groups in total. The lowest BCUT2D eigenvalue weighted by molar-refractivity contribution is 0.0601. The summed E-state index contributed by atoms with van der Waals surface area (Å²) >= 11 is 0. The summed E-state index contributed by atoms with van der Waals surface area (Å²) < 4.78 is 0. The molecule has 15 heavy (non-hydrogen) atoms. The molecule has 3 heteroatoms. The minimum absolute atomic E-state index is 0.250. The lowest BCUT2D eigenvalue weighted by Gasteiger charge is -2.34. The second kappa shape index (κ2) is 4.81. The van der Waals surface area contributed by atoms with Crippen LogP contribution in [0.15, 0.2) is 0 Å². The van der Waals surface area contributed by atoms with E-state index >= 15 is 0 Å². The fraction of sp³-hybridized carbons (Fsp3) is 1.00. The molecule has 0 saturated carbocycles. The van der Waals surface area contributed by atoms with Crippen molar-refractivity contribution in [3.8, 4) is 0 Å². The molecule has 0 radical (unpaired) electrons. The summed E-state index contributed by atoms with van der Waals surface area (Å²) in [6.07, 6.45) is 3.14. The molecular weight excluding hydrogens is 188 g/mol. The minimum atomic E-state index is -0.484. The van der Waals surface area contributed by atoms with Gasteiger partial charge in [-0.15, -0.1) is 0 Å². The maximum atomic E-state index is 9.91. The monoisotopic (exact) mass is 214 g/mol. The van der Waals surface area contributed by atoms with Gasteiger partial charge in [-0.25, -0.2) is 0 Å². The Bertz CT molecular complexity index is 192. The molecule has 0 bridgehead atoms. The van der Waals surface area contributed by atoms with Crippen LogP contribution in [0.1, 0.15) is 40.0 Å². The molecule has 1 aliphatic rings. The van der Waals surface area contributed by atoms with Gasteiger partial charge in [-0.2, -0.15) is 0 Å². The van der Waals surface area contributed by atoms with E-state index in [0.29, 0.717) is 0 Å². The summed E-state index contributed by atoms with van der Waals surface area (Å²) in [5.41, 5.74) is 5.65. The first-order chi connectivity index (χ1) is 6.97. The molecule has 1 unspecified atom stereocenters. The molecule has 0 amide bonds. The average molecular weight is 214 g/mol. The van der Waals surface area contributed by atoms with Crippen molar-refractivity contribution >= 4 is 0 Å². The van der Waals surface area contributed by atoms with Crippen LogP contribution < -0.4 is 5.73 Å². The zero-order chi connectivity index (χ0) is 11.5. The van der Waals surface area contributed by atoms with Crippen LogP contribution in [0, 0.1) is 5.41 Å². The smallest absolute Gasteiger partial charge is 0.0758 e. The van der Waals surface area contributed by atoms with Gasteiger partial charge in [0.2, 0.25) is 0 Å². The number of likely N-dealkylation sites (tertiary alicyclic amines) is 1. The van der Waals surface area contributed by atoms with Gasteiger partial charge in [0.1, 0.15) is 0 Å². The molecule has 0 aromatic heterocycles. The van der Waals surface area contributed by atoms with E-state index < -0.39 is 5.60 Å². The Morgan fingerprint density at radius 3 is 2.33 bits per heavy atom. The van der Waals surface area contributed by atoms with Crippen LogP contribution in [0.25, 0.3) is 0 Å². The minimum Gasteiger partial charge on any atom is -0.389 e.